The van der Waals surface area contributed by atoms with Gasteiger partial charge in [-0.1, -0.05) is 0 Å². The number of hydrogen-bond donors (Lipinski definition) is 0. The number of hydrogen-bond acceptors (Lipinski definition) is 4. The quantitative estimate of drug-likeness (QED) is 0.703. The van der Waals surface area contributed by atoms with Crippen LogP contribution in [-0.2, 0) is 4.79 Å². The molecule has 7 nitrogen and oxygen atoms in total. The Morgan fingerprint density at radius 3 is 2.21 bits per heavy atom. The van der Waals surface area contributed by atoms with Gasteiger partial charge in [0.25, 0.3) is 5.91 Å². The maximum Gasteiger partial charge on any atom is 0.253 e. The molecule has 0 saturated carbocycles. The highest BCUT2D eigenvalue weighted by Crippen LogP contribution is 2.15. The van der Waals surface area contributed by atoms with Crippen molar-refractivity contribution in [2.75, 3.05) is 45.8 Å². The first-order valence-corrected chi connectivity index (χ1v) is 11.0. The summed E-state index contributed by atoms with van der Waals surface area (Å²) >= 11 is 3.39. The number of benzene rings is 1. The molecule has 2 saturated heterocycles. The van der Waals surface area contributed by atoms with Crippen molar-refractivity contribution in [2.45, 2.75) is 19.3 Å². The van der Waals surface area contributed by atoms with E-state index in [9.17, 15) is 9.59 Å². The minimum Gasteiger partial charge on any atom is -0.342 e. The van der Waals surface area contributed by atoms with Crippen molar-refractivity contribution in [1.29, 1.82) is 0 Å². The number of carbonyl (C=O) groups excluding carboxylic acids is 2. The van der Waals surface area contributed by atoms with Gasteiger partial charge < -0.3 is 9.80 Å². The molecule has 2 aliphatic heterocycles. The highest BCUT2D eigenvalue weighted by atomic mass is 79.9. The van der Waals surface area contributed by atoms with E-state index in [2.05, 4.69) is 25.9 Å². The predicted molar refractivity (Wildman–Crippen MR) is 114 cm³/mol. The topological polar surface area (TPSA) is 61.7 Å². The number of piperidine rings is 1. The van der Waals surface area contributed by atoms with E-state index in [1.807, 2.05) is 40.3 Å². The Labute approximate surface area is 179 Å². The highest BCUT2D eigenvalue weighted by Gasteiger charge is 2.25. The lowest BCUT2D eigenvalue weighted by atomic mass is 10.1. The van der Waals surface area contributed by atoms with E-state index in [0.717, 1.165) is 49.2 Å². The van der Waals surface area contributed by atoms with Gasteiger partial charge in [0.2, 0.25) is 5.91 Å². The summed E-state index contributed by atoms with van der Waals surface area (Å²) < 4.78 is 2.67. The zero-order valence-corrected chi connectivity index (χ0v) is 18.1. The molecule has 0 spiro atoms. The molecule has 2 amide bonds. The monoisotopic (exact) mass is 459 g/mol. The van der Waals surface area contributed by atoms with Crippen molar-refractivity contribution in [1.82, 2.24) is 24.5 Å². The van der Waals surface area contributed by atoms with Gasteiger partial charge in [-0.3, -0.25) is 14.5 Å². The molecule has 154 valence electrons. The van der Waals surface area contributed by atoms with Crippen LogP contribution in [0.25, 0.3) is 5.69 Å². The fourth-order valence-electron chi connectivity index (χ4n) is 3.93. The average Bonchev–Trinajstić information content (AvgIpc) is 3.21. The molecule has 0 radical (unpaired) electrons. The second kappa shape index (κ2) is 9.09. The van der Waals surface area contributed by atoms with Crippen LogP contribution in [0.3, 0.4) is 0 Å². The van der Waals surface area contributed by atoms with Gasteiger partial charge in [0, 0.05) is 51.0 Å². The first kappa shape index (κ1) is 20.1. The zero-order chi connectivity index (χ0) is 20.2. The fourth-order valence-corrected chi connectivity index (χ4v) is 4.21. The molecule has 1 aromatic carbocycles. The van der Waals surface area contributed by atoms with Gasteiger partial charge in [-0.25, -0.2) is 4.68 Å². The van der Waals surface area contributed by atoms with Gasteiger partial charge in [-0.2, -0.15) is 5.10 Å². The summed E-state index contributed by atoms with van der Waals surface area (Å²) in [6, 6.07) is 7.50. The molecule has 2 aromatic rings. The van der Waals surface area contributed by atoms with Crippen LogP contribution in [0.1, 0.15) is 29.6 Å². The standard InChI is InChI=1S/C21H26BrN5O2/c22-18-14-23-27(15-18)19-6-4-17(5-7-19)21(29)26-12-10-24(11-13-26)16-20(28)25-8-2-1-3-9-25/h4-7,14-15H,1-3,8-13,16H2. The lowest BCUT2D eigenvalue weighted by Gasteiger charge is -2.36. The van der Waals surface area contributed by atoms with Gasteiger partial charge in [0.1, 0.15) is 0 Å². The fraction of sp³-hybridized carbons (Fsp3) is 0.476. The van der Waals surface area contributed by atoms with Crippen LogP contribution in [0.2, 0.25) is 0 Å². The Morgan fingerprint density at radius 2 is 1.59 bits per heavy atom. The van der Waals surface area contributed by atoms with E-state index in [1.165, 1.54) is 6.42 Å². The molecule has 3 heterocycles. The molecule has 8 heteroatoms. The van der Waals surface area contributed by atoms with Crippen molar-refractivity contribution in [3.8, 4) is 5.69 Å². The van der Waals surface area contributed by atoms with E-state index in [4.69, 9.17) is 0 Å². The summed E-state index contributed by atoms with van der Waals surface area (Å²) in [7, 11) is 0. The highest BCUT2D eigenvalue weighted by molar-refractivity contribution is 9.10. The van der Waals surface area contributed by atoms with Gasteiger partial charge in [0.15, 0.2) is 0 Å². The van der Waals surface area contributed by atoms with Crippen LogP contribution in [0.4, 0.5) is 0 Å². The average molecular weight is 460 g/mol. The molecule has 29 heavy (non-hydrogen) atoms. The van der Waals surface area contributed by atoms with Gasteiger partial charge >= 0.3 is 0 Å². The SMILES string of the molecule is O=C(CN1CCN(C(=O)c2ccc(-n3cc(Br)cn3)cc2)CC1)N1CCCCC1. The van der Waals surface area contributed by atoms with E-state index < -0.39 is 0 Å². The van der Waals surface area contributed by atoms with E-state index in [1.54, 1.807) is 10.9 Å². The Kier molecular flexibility index (Phi) is 6.30. The number of likely N-dealkylation sites (tertiary alicyclic amines) is 1. The Balaban J connectivity index is 1.29. The Hall–Kier alpha value is -2.19. The summed E-state index contributed by atoms with van der Waals surface area (Å²) in [6.07, 6.45) is 7.07. The third kappa shape index (κ3) is 4.87. The molecule has 0 unspecified atom stereocenters. The van der Waals surface area contributed by atoms with Crippen LogP contribution in [0.15, 0.2) is 41.1 Å². The van der Waals surface area contributed by atoms with Crippen LogP contribution in [-0.4, -0.2) is 82.1 Å². The van der Waals surface area contributed by atoms with E-state index in [0.29, 0.717) is 25.2 Å². The Morgan fingerprint density at radius 1 is 0.897 bits per heavy atom. The molecule has 2 fully saturated rings. The first-order valence-electron chi connectivity index (χ1n) is 10.2. The zero-order valence-electron chi connectivity index (χ0n) is 16.5. The minimum atomic E-state index is 0.0419. The number of aromatic nitrogens is 2. The van der Waals surface area contributed by atoms with Gasteiger partial charge in [-0.15, -0.1) is 0 Å². The molecule has 1 aromatic heterocycles. The number of halogens is 1. The molecule has 0 bridgehead atoms. The largest absolute Gasteiger partial charge is 0.342 e. The van der Waals surface area contributed by atoms with Gasteiger partial charge in [-0.05, 0) is 59.5 Å². The lowest BCUT2D eigenvalue weighted by Crippen LogP contribution is -2.52. The van der Waals surface area contributed by atoms with Crippen molar-refractivity contribution < 1.29 is 9.59 Å². The summed E-state index contributed by atoms with van der Waals surface area (Å²) in [5.74, 6) is 0.269. The summed E-state index contributed by atoms with van der Waals surface area (Å²) in [4.78, 5) is 31.3. The van der Waals surface area contributed by atoms with Crippen LogP contribution >= 0.6 is 15.9 Å². The Bertz CT molecular complexity index is 852. The van der Waals surface area contributed by atoms with Crippen molar-refractivity contribution >= 4 is 27.7 Å². The van der Waals surface area contributed by atoms with Crippen LogP contribution in [0.5, 0.6) is 0 Å². The maximum atomic E-state index is 12.8. The summed E-state index contributed by atoms with van der Waals surface area (Å²) in [5, 5.41) is 4.25. The molecular weight excluding hydrogens is 434 g/mol. The lowest BCUT2D eigenvalue weighted by molar-refractivity contribution is -0.133. The molecule has 0 atom stereocenters. The van der Waals surface area contributed by atoms with Crippen molar-refractivity contribution in [3.05, 3.63) is 46.7 Å². The third-order valence-electron chi connectivity index (χ3n) is 5.66. The third-order valence-corrected chi connectivity index (χ3v) is 6.07. The van der Waals surface area contributed by atoms with Gasteiger partial charge in [0.05, 0.1) is 22.9 Å². The van der Waals surface area contributed by atoms with Crippen molar-refractivity contribution in [3.63, 3.8) is 0 Å². The minimum absolute atomic E-state index is 0.0419. The van der Waals surface area contributed by atoms with Crippen LogP contribution < -0.4 is 0 Å². The first-order chi connectivity index (χ1) is 14.1. The van der Waals surface area contributed by atoms with Crippen molar-refractivity contribution in [2.24, 2.45) is 0 Å². The molecule has 4 rings (SSSR count). The van der Waals surface area contributed by atoms with E-state index >= 15 is 0 Å². The normalized spacial score (nSPS) is 18.1. The molecular formula is C21H26BrN5O2. The predicted octanol–water partition coefficient (Wildman–Crippen LogP) is 2.41. The summed E-state index contributed by atoms with van der Waals surface area (Å²) in [6.45, 7) is 5.04. The second-order valence-electron chi connectivity index (χ2n) is 7.66. The molecule has 2 aliphatic rings. The number of amides is 2. The van der Waals surface area contributed by atoms with E-state index in [-0.39, 0.29) is 11.8 Å². The number of nitrogens with zero attached hydrogens (tertiary/aromatic N) is 5. The number of carbonyl (C=O) groups is 2. The summed E-state index contributed by atoms with van der Waals surface area (Å²) in [5.41, 5.74) is 1.59. The number of rotatable bonds is 4. The maximum absolute atomic E-state index is 12.8. The second-order valence-corrected chi connectivity index (χ2v) is 8.58. The van der Waals surface area contributed by atoms with Crippen LogP contribution in [0, 0.1) is 0 Å². The smallest absolute Gasteiger partial charge is 0.253 e. The molecule has 0 aliphatic carbocycles. The number of piperazine rings is 1. The molecule has 0 N–H and O–H groups in total.